The maximum absolute atomic E-state index is 11.5. The number of rotatable bonds is 2. The van der Waals surface area contributed by atoms with Crippen LogP contribution in [0.1, 0.15) is 10.4 Å². The third-order valence-electron chi connectivity index (χ3n) is 3.32. The molecular formula is C17H12AcO3. The number of aromatic hydroxyl groups is 1. The van der Waals surface area contributed by atoms with Crippen LogP contribution in [0.4, 0.5) is 0 Å². The molecule has 0 spiro atoms. The molecular weight excluding hydrogens is 479 g/mol. The Hall–Kier alpha value is -1.37. The summed E-state index contributed by atoms with van der Waals surface area (Å²) < 4.78 is 0. The molecule has 0 aliphatic carbocycles. The Morgan fingerprint density at radius 1 is 0.857 bits per heavy atom. The topological polar surface area (TPSA) is 57.5 Å². The summed E-state index contributed by atoms with van der Waals surface area (Å²) in [6.07, 6.45) is 0. The molecule has 3 nitrogen and oxygen atoms in total. The zero-order chi connectivity index (χ0) is 14.1. The minimum absolute atomic E-state index is 0. The molecule has 0 aliphatic heterocycles. The van der Waals surface area contributed by atoms with Gasteiger partial charge in [-0.25, -0.2) is 4.79 Å². The van der Waals surface area contributed by atoms with Crippen molar-refractivity contribution in [3.05, 3.63) is 66.2 Å². The smallest absolute Gasteiger partial charge is 0.336 e. The molecule has 0 bridgehead atoms. The number of hydrogen-bond acceptors (Lipinski definition) is 2. The van der Waals surface area contributed by atoms with Gasteiger partial charge >= 0.3 is 5.97 Å². The van der Waals surface area contributed by atoms with E-state index < -0.39 is 5.97 Å². The van der Waals surface area contributed by atoms with Crippen LogP contribution in [0.5, 0.6) is 5.75 Å². The van der Waals surface area contributed by atoms with Gasteiger partial charge in [-0.05, 0) is 17.0 Å². The van der Waals surface area contributed by atoms with Crippen molar-refractivity contribution >= 4 is 16.7 Å². The first-order valence-corrected chi connectivity index (χ1v) is 6.22. The van der Waals surface area contributed by atoms with Gasteiger partial charge in [0.15, 0.2) is 0 Å². The Morgan fingerprint density at radius 2 is 1.43 bits per heavy atom. The molecule has 0 fully saturated rings. The second kappa shape index (κ2) is 6.60. The average Bonchev–Trinajstić information content (AvgIpc) is 2.48. The summed E-state index contributed by atoms with van der Waals surface area (Å²) in [5, 5.41) is 20.8. The van der Waals surface area contributed by atoms with Gasteiger partial charge in [-0.1, -0.05) is 54.6 Å². The van der Waals surface area contributed by atoms with Gasteiger partial charge in [0, 0.05) is 55.0 Å². The number of hydrogen-bond donors (Lipinski definition) is 2. The number of benzene rings is 3. The Morgan fingerprint density at radius 3 is 2.05 bits per heavy atom. The molecule has 3 aromatic rings. The van der Waals surface area contributed by atoms with Crippen LogP contribution in [0.2, 0.25) is 0 Å². The third kappa shape index (κ3) is 2.97. The molecule has 4 heteroatoms. The summed E-state index contributed by atoms with van der Waals surface area (Å²) in [5.41, 5.74) is 1.56. The summed E-state index contributed by atoms with van der Waals surface area (Å²) in [6.45, 7) is 0. The van der Waals surface area contributed by atoms with Crippen LogP contribution in [0, 0.1) is 44.1 Å². The van der Waals surface area contributed by atoms with Crippen LogP contribution >= 0.6 is 0 Å². The summed E-state index contributed by atoms with van der Waals surface area (Å²) in [4.78, 5) is 11.5. The van der Waals surface area contributed by atoms with Gasteiger partial charge < -0.3 is 10.2 Å². The average molecular weight is 491 g/mol. The van der Waals surface area contributed by atoms with E-state index in [4.69, 9.17) is 0 Å². The molecule has 0 amide bonds. The monoisotopic (exact) mass is 491 g/mol. The summed E-state index contributed by atoms with van der Waals surface area (Å²) in [7, 11) is 0. The standard InChI is InChI=1S/C17H12O3.Ac/c18-15-10-14(17(19)20)16(11-6-2-1-3-7-11)13-9-5-4-8-12(13)15;/h1-10,18H,(H,19,20);. The van der Waals surface area contributed by atoms with Crippen molar-refractivity contribution in [2.45, 2.75) is 0 Å². The minimum atomic E-state index is -1.05. The Kier molecular flexibility index (Phi) is 5.03. The molecule has 0 saturated carbocycles. The zero-order valence-corrected chi connectivity index (χ0v) is 15.9. The van der Waals surface area contributed by atoms with E-state index in [1.165, 1.54) is 6.07 Å². The zero-order valence-electron chi connectivity index (χ0n) is 11.2. The predicted molar refractivity (Wildman–Crippen MR) is 78.0 cm³/mol. The van der Waals surface area contributed by atoms with Gasteiger partial charge in [-0.2, -0.15) is 0 Å². The van der Waals surface area contributed by atoms with Crippen molar-refractivity contribution in [2.24, 2.45) is 0 Å². The largest absolute Gasteiger partial charge is 0.507 e. The number of carboxylic acids is 1. The van der Waals surface area contributed by atoms with E-state index in [1.807, 2.05) is 48.5 Å². The summed E-state index contributed by atoms with van der Waals surface area (Å²) in [6, 6.07) is 17.9. The predicted octanol–water partition coefficient (Wildman–Crippen LogP) is 3.91. The van der Waals surface area contributed by atoms with Gasteiger partial charge in [0.05, 0.1) is 5.56 Å². The van der Waals surface area contributed by atoms with Gasteiger partial charge in [0.25, 0.3) is 0 Å². The molecule has 3 rings (SSSR count). The van der Waals surface area contributed by atoms with E-state index >= 15 is 0 Å². The van der Waals surface area contributed by atoms with E-state index in [1.54, 1.807) is 6.07 Å². The minimum Gasteiger partial charge on any atom is -0.507 e. The maximum atomic E-state index is 11.5. The number of aromatic carboxylic acids is 1. The molecule has 21 heavy (non-hydrogen) atoms. The first kappa shape index (κ1) is 16.0. The summed E-state index contributed by atoms with van der Waals surface area (Å²) >= 11 is 0. The number of fused-ring (bicyclic) bond motifs is 1. The van der Waals surface area contributed by atoms with Crippen LogP contribution in [-0.2, 0) is 0 Å². The molecule has 0 aromatic heterocycles. The Labute approximate surface area is 157 Å². The Balaban J connectivity index is 0.00000161. The molecule has 0 aliphatic rings. The molecule has 2 N–H and O–H groups in total. The fourth-order valence-electron chi connectivity index (χ4n) is 2.44. The van der Waals surface area contributed by atoms with Gasteiger partial charge in [-0.3, -0.25) is 0 Å². The van der Waals surface area contributed by atoms with Crippen molar-refractivity contribution in [1.29, 1.82) is 0 Å². The van der Waals surface area contributed by atoms with Crippen molar-refractivity contribution in [3.8, 4) is 16.9 Å². The quantitative estimate of drug-likeness (QED) is 0.572. The fourth-order valence-corrected chi connectivity index (χ4v) is 2.44. The molecule has 1 radical (unpaired) electrons. The van der Waals surface area contributed by atoms with E-state index in [0.29, 0.717) is 10.9 Å². The second-order valence-electron chi connectivity index (χ2n) is 4.54. The SMILES string of the molecule is O=C(O)c1cc(O)c2ccccc2c1-c1ccccc1.[Ac]. The summed E-state index contributed by atoms with van der Waals surface area (Å²) in [5.74, 6) is -1.07. The molecule has 0 saturated heterocycles. The number of carbonyl (C=O) groups is 1. The van der Waals surface area contributed by atoms with Crippen LogP contribution in [-0.4, -0.2) is 16.2 Å². The van der Waals surface area contributed by atoms with Crippen molar-refractivity contribution in [1.82, 2.24) is 0 Å². The number of phenolic OH excluding ortho intramolecular Hbond substituents is 1. The maximum Gasteiger partial charge on any atom is 0.336 e. The van der Waals surface area contributed by atoms with Gasteiger partial charge in [0.1, 0.15) is 5.75 Å². The van der Waals surface area contributed by atoms with E-state index in [2.05, 4.69) is 0 Å². The van der Waals surface area contributed by atoms with Crippen molar-refractivity contribution < 1.29 is 59.1 Å². The van der Waals surface area contributed by atoms with Crippen molar-refractivity contribution in [2.75, 3.05) is 0 Å². The fraction of sp³-hybridized carbons (Fsp3) is 0. The van der Waals surface area contributed by atoms with E-state index in [9.17, 15) is 15.0 Å². The Bertz CT molecular complexity index is 798. The van der Waals surface area contributed by atoms with Gasteiger partial charge in [0.2, 0.25) is 0 Å². The molecule has 3 aromatic carbocycles. The number of carboxylic acid groups (broad SMARTS) is 1. The molecule has 0 heterocycles. The molecule has 0 atom stereocenters. The molecule has 0 unspecified atom stereocenters. The van der Waals surface area contributed by atoms with Crippen LogP contribution in [0.3, 0.4) is 0 Å². The van der Waals surface area contributed by atoms with Crippen LogP contribution in [0.25, 0.3) is 21.9 Å². The first-order valence-electron chi connectivity index (χ1n) is 6.22. The second-order valence-corrected chi connectivity index (χ2v) is 4.54. The third-order valence-corrected chi connectivity index (χ3v) is 3.32. The molecule has 101 valence electrons. The van der Waals surface area contributed by atoms with Crippen LogP contribution in [0.15, 0.2) is 60.7 Å². The first-order chi connectivity index (χ1) is 9.68. The van der Waals surface area contributed by atoms with Crippen LogP contribution < -0.4 is 0 Å². The van der Waals surface area contributed by atoms with E-state index in [0.717, 1.165) is 10.9 Å². The van der Waals surface area contributed by atoms with Gasteiger partial charge in [-0.15, -0.1) is 0 Å². The van der Waals surface area contributed by atoms with Crippen molar-refractivity contribution in [3.63, 3.8) is 0 Å². The van der Waals surface area contributed by atoms with E-state index in [-0.39, 0.29) is 55.4 Å². The number of phenols is 1. The normalized spacial score (nSPS) is 10.1.